The van der Waals surface area contributed by atoms with Crippen LogP contribution < -0.4 is 5.32 Å². The van der Waals surface area contributed by atoms with Gasteiger partial charge in [-0.25, -0.2) is 10.3 Å². The van der Waals surface area contributed by atoms with Crippen LogP contribution in [-0.2, 0) is 0 Å². The Morgan fingerprint density at radius 2 is 2.57 bits per heavy atom. The molecule has 0 saturated heterocycles. The van der Waals surface area contributed by atoms with Gasteiger partial charge in [0.25, 0.3) is 0 Å². The fraction of sp³-hybridized carbons (Fsp3) is 0. The summed E-state index contributed by atoms with van der Waals surface area (Å²) in [4.78, 5) is 3.56. The molecule has 0 N–H and O–H groups in total. The maximum Gasteiger partial charge on any atom is 0.160 e. The Morgan fingerprint density at radius 3 is 2.86 bits per heavy atom. The zero-order chi connectivity index (χ0) is 5.11. The Labute approximate surface area is 41.0 Å². The summed E-state index contributed by atoms with van der Waals surface area (Å²) in [5, 5.41) is 11.6. The molecule has 0 fully saturated rings. The molecular weight excluding hydrogens is 90.1 g/mol. The van der Waals surface area contributed by atoms with Crippen LogP contribution in [0, 0.1) is 11.3 Å². The Morgan fingerprint density at radius 1 is 1.71 bits per heavy atom. The Balaban J connectivity index is 2.75. The summed E-state index contributed by atoms with van der Waals surface area (Å²) in [7, 11) is 0. The largest absolute Gasteiger partial charge is 0.242 e. The number of hydrogen-bond acceptors (Lipinski definition) is 2. The number of rotatable bonds is 0. The van der Waals surface area contributed by atoms with E-state index < -0.39 is 0 Å². The summed E-state index contributed by atoms with van der Waals surface area (Å²) in [6.45, 7) is 0. The lowest BCUT2D eigenvalue weighted by Gasteiger charge is -1.66. The third-order valence-corrected chi connectivity index (χ3v) is 0.575. The summed E-state index contributed by atoms with van der Waals surface area (Å²) in [6, 6.07) is 1.83. The standard InChI is InChI=1S/C4H2N3/c5-1-4-2-6-3-7-4/h2-3H. The van der Waals surface area contributed by atoms with E-state index in [0.717, 1.165) is 0 Å². The second-order valence-corrected chi connectivity index (χ2v) is 1.02. The van der Waals surface area contributed by atoms with Gasteiger partial charge in [0.15, 0.2) is 5.70 Å². The van der Waals surface area contributed by atoms with Crippen molar-refractivity contribution in [1.29, 1.82) is 5.26 Å². The number of allylic oxidation sites excluding steroid dienone is 1. The minimum Gasteiger partial charge on any atom is -0.242 e. The van der Waals surface area contributed by atoms with Gasteiger partial charge in [-0.2, -0.15) is 5.26 Å². The van der Waals surface area contributed by atoms with E-state index in [1.54, 1.807) is 0 Å². The topological polar surface area (TPSA) is 50.2 Å². The van der Waals surface area contributed by atoms with Crippen molar-refractivity contribution in [3.05, 3.63) is 11.9 Å². The minimum atomic E-state index is 0.375. The van der Waals surface area contributed by atoms with Gasteiger partial charge in [-0.3, -0.25) is 0 Å². The van der Waals surface area contributed by atoms with E-state index in [1.165, 1.54) is 12.5 Å². The van der Waals surface area contributed by atoms with E-state index in [-0.39, 0.29) is 0 Å². The molecule has 1 aliphatic rings. The lowest BCUT2D eigenvalue weighted by atomic mass is 10.6. The molecule has 0 spiro atoms. The first-order valence-electron chi connectivity index (χ1n) is 1.76. The van der Waals surface area contributed by atoms with Gasteiger partial charge in [0, 0.05) is 0 Å². The molecule has 1 radical (unpaired) electrons. The second kappa shape index (κ2) is 1.43. The van der Waals surface area contributed by atoms with Gasteiger partial charge in [0.2, 0.25) is 0 Å². The highest BCUT2D eigenvalue weighted by atomic mass is 15.0. The first-order valence-corrected chi connectivity index (χ1v) is 1.76. The van der Waals surface area contributed by atoms with E-state index in [4.69, 9.17) is 5.26 Å². The SMILES string of the molecule is N#CC1=C[N]C=N1. The van der Waals surface area contributed by atoms with Gasteiger partial charge in [0.05, 0.1) is 6.20 Å². The third-order valence-electron chi connectivity index (χ3n) is 0.575. The van der Waals surface area contributed by atoms with Crippen LogP contribution in [0.3, 0.4) is 0 Å². The highest BCUT2D eigenvalue weighted by Gasteiger charge is 1.93. The molecule has 0 amide bonds. The van der Waals surface area contributed by atoms with Crippen molar-refractivity contribution in [3.63, 3.8) is 0 Å². The maximum atomic E-state index is 8.07. The number of hydrogen-bond donors (Lipinski definition) is 0. The van der Waals surface area contributed by atoms with Gasteiger partial charge in [-0.05, 0) is 0 Å². The molecular formula is C4H2N3. The smallest absolute Gasteiger partial charge is 0.160 e. The van der Waals surface area contributed by atoms with Crippen molar-refractivity contribution >= 4 is 6.34 Å². The molecule has 1 aliphatic heterocycles. The van der Waals surface area contributed by atoms with Gasteiger partial charge >= 0.3 is 0 Å². The van der Waals surface area contributed by atoms with Crippen molar-refractivity contribution in [1.82, 2.24) is 5.32 Å². The molecule has 0 atom stereocenters. The van der Waals surface area contributed by atoms with Crippen molar-refractivity contribution in [2.75, 3.05) is 0 Å². The lowest BCUT2D eigenvalue weighted by molar-refractivity contribution is 1.32. The van der Waals surface area contributed by atoms with E-state index in [2.05, 4.69) is 10.3 Å². The number of nitriles is 1. The highest BCUT2D eigenvalue weighted by Crippen LogP contribution is 1.94. The van der Waals surface area contributed by atoms with Crippen LogP contribution >= 0.6 is 0 Å². The monoisotopic (exact) mass is 92.0 g/mol. The van der Waals surface area contributed by atoms with Crippen LogP contribution in [-0.4, -0.2) is 6.34 Å². The number of aliphatic imine (C=N–C) groups is 1. The van der Waals surface area contributed by atoms with Gasteiger partial charge in [-0.15, -0.1) is 0 Å². The van der Waals surface area contributed by atoms with Gasteiger partial charge in [0.1, 0.15) is 12.4 Å². The van der Waals surface area contributed by atoms with E-state index in [9.17, 15) is 0 Å². The van der Waals surface area contributed by atoms with Crippen LogP contribution in [0.4, 0.5) is 0 Å². The van der Waals surface area contributed by atoms with Gasteiger partial charge < -0.3 is 0 Å². The fourth-order valence-corrected chi connectivity index (χ4v) is 0.291. The van der Waals surface area contributed by atoms with E-state index in [1.807, 2.05) is 6.07 Å². The van der Waals surface area contributed by atoms with Crippen molar-refractivity contribution in [2.45, 2.75) is 0 Å². The summed E-state index contributed by atoms with van der Waals surface area (Å²) in [6.07, 6.45) is 2.76. The average molecular weight is 92.1 g/mol. The number of nitrogens with zero attached hydrogens (tertiary/aromatic N) is 3. The summed E-state index contributed by atoms with van der Waals surface area (Å²) in [5.74, 6) is 0. The van der Waals surface area contributed by atoms with Gasteiger partial charge in [-0.1, -0.05) is 0 Å². The maximum absolute atomic E-state index is 8.07. The van der Waals surface area contributed by atoms with Crippen LogP contribution in [0.25, 0.3) is 0 Å². The Hall–Kier alpha value is -1.30. The molecule has 1 rings (SSSR count). The molecule has 1 heterocycles. The first-order chi connectivity index (χ1) is 3.43. The fourth-order valence-electron chi connectivity index (χ4n) is 0.291. The van der Waals surface area contributed by atoms with Crippen LogP contribution in [0.15, 0.2) is 16.9 Å². The molecule has 7 heavy (non-hydrogen) atoms. The zero-order valence-electron chi connectivity index (χ0n) is 3.50. The summed E-state index contributed by atoms with van der Waals surface area (Å²) < 4.78 is 0. The van der Waals surface area contributed by atoms with E-state index in [0.29, 0.717) is 5.70 Å². The third kappa shape index (κ3) is 0.578. The molecule has 0 saturated carbocycles. The first kappa shape index (κ1) is 3.88. The van der Waals surface area contributed by atoms with E-state index >= 15 is 0 Å². The average Bonchev–Trinajstić information content (AvgIpc) is 2.14. The van der Waals surface area contributed by atoms with Crippen LogP contribution in [0.2, 0.25) is 0 Å². The molecule has 0 aromatic carbocycles. The molecule has 0 aromatic heterocycles. The minimum absolute atomic E-state index is 0.375. The van der Waals surface area contributed by atoms with Crippen LogP contribution in [0.5, 0.6) is 0 Å². The second-order valence-electron chi connectivity index (χ2n) is 1.02. The molecule has 33 valence electrons. The quantitative estimate of drug-likeness (QED) is 0.414. The molecule has 3 nitrogen and oxygen atoms in total. The molecule has 0 aromatic rings. The Bertz CT molecular complexity index is 160. The Kier molecular flexibility index (Phi) is 0.794. The van der Waals surface area contributed by atoms with Crippen molar-refractivity contribution in [2.24, 2.45) is 4.99 Å². The highest BCUT2D eigenvalue weighted by molar-refractivity contribution is 5.62. The molecule has 3 heteroatoms. The normalized spacial score (nSPS) is 15.0. The zero-order valence-corrected chi connectivity index (χ0v) is 3.50. The van der Waals surface area contributed by atoms with Crippen molar-refractivity contribution < 1.29 is 0 Å². The summed E-state index contributed by atoms with van der Waals surface area (Å²) in [5.41, 5.74) is 0.375. The predicted octanol–water partition coefficient (Wildman–Crippen LogP) is -0.00232. The predicted molar refractivity (Wildman–Crippen MR) is 24.3 cm³/mol. The molecule has 0 bridgehead atoms. The van der Waals surface area contributed by atoms with Crippen molar-refractivity contribution in [3.8, 4) is 6.07 Å². The summed E-state index contributed by atoms with van der Waals surface area (Å²) >= 11 is 0. The van der Waals surface area contributed by atoms with Crippen LogP contribution in [0.1, 0.15) is 0 Å². The molecule has 0 unspecified atom stereocenters. The molecule has 0 aliphatic carbocycles. The lowest BCUT2D eigenvalue weighted by Crippen LogP contribution is -1.80.